The summed E-state index contributed by atoms with van der Waals surface area (Å²) in [5, 5.41) is 10.6. The molecule has 0 aliphatic carbocycles. The number of aryl methyl sites for hydroxylation is 1. The summed E-state index contributed by atoms with van der Waals surface area (Å²) in [5.74, 6) is 0. The van der Waals surface area contributed by atoms with Gasteiger partial charge in [-0.1, -0.05) is 29.5 Å². The van der Waals surface area contributed by atoms with Crippen LogP contribution in [-0.2, 0) is 0 Å². The van der Waals surface area contributed by atoms with Crippen LogP contribution in [0.25, 0.3) is 0 Å². The second-order valence-electron chi connectivity index (χ2n) is 3.89. The van der Waals surface area contributed by atoms with Crippen LogP contribution in [0.1, 0.15) is 5.56 Å². The van der Waals surface area contributed by atoms with Crippen molar-refractivity contribution in [3.63, 3.8) is 0 Å². The maximum Gasteiger partial charge on any atom is 0.271 e. The van der Waals surface area contributed by atoms with Gasteiger partial charge in [0.05, 0.1) is 10.6 Å². The minimum atomic E-state index is -0.448. The predicted molar refractivity (Wildman–Crippen MR) is 72.8 cm³/mol. The van der Waals surface area contributed by atoms with Crippen LogP contribution in [0, 0.1) is 17.0 Å². The van der Waals surface area contributed by atoms with Crippen LogP contribution < -0.4 is 5.73 Å². The van der Waals surface area contributed by atoms with Crippen LogP contribution in [0.2, 0.25) is 0 Å². The number of hydrogen-bond donors (Lipinski definition) is 1. The number of non-ortho nitro benzene ring substituents is 1. The van der Waals surface area contributed by atoms with E-state index >= 15 is 0 Å². The second kappa shape index (κ2) is 5.10. The Kier molecular flexibility index (Phi) is 3.53. The van der Waals surface area contributed by atoms with Crippen LogP contribution in [0.5, 0.6) is 0 Å². The molecule has 92 valence electrons. The lowest BCUT2D eigenvalue weighted by molar-refractivity contribution is -0.384. The molecule has 2 rings (SSSR count). The number of nitrogens with two attached hydrogens (primary N) is 1. The summed E-state index contributed by atoms with van der Waals surface area (Å²) in [6.45, 7) is 2.02. The van der Waals surface area contributed by atoms with E-state index in [0.29, 0.717) is 5.69 Å². The third kappa shape index (κ3) is 2.81. The number of nitrogen functional groups attached to an aromatic ring is 1. The molecule has 0 heterocycles. The predicted octanol–water partition coefficient (Wildman–Crippen LogP) is 3.64. The largest absolute Gasteiger partial charge is 0.398 e. The lowest BCUT2D eigenvalue weighted by Gasteiger charge is -2.05. The Hall–Kier alpha value is -2.01. The number of hydrogen-bond acceptors (Lipinski definition) is 4. The van der Waals surface area contributed by atoms with E-state index in [9.17, 15) is 10.1 Å². The zero-order valence-corrected chi connectivity index (χ0v) is 10.6. The fourth-order valence-electron chi connectivity index (χ4n) is 1.48. The van der Waals surface area contributed by atoms with Crippen molar-refractivity contribution in [1.82, 2.24) is 0 Å². The molecule has 5 heteroatoms. The van der Waals surface area contributed by atoms with Gasteiger partial charge < -0.3 is 5.73 Å². The van der Waals surface area contributed by atoms with Crippen molar-refractivity contribution < 1.29 is 4.92 Å². The lowest BCUT2D eigenvalue weighted by atomic mass is 10.2. The molecule has 0 atom stereocenters. The topological polar surface area (TPSA) is 69.2 Å². The Morgan fingerprint density at radius 2 is 1.83 bits per heavy atom. The fraction of sp³-hybridized carbons (Fsp3) is 0.0769. The molecule has 0 bridgehead atoms. The summed E-state index contributed by atoms with van der Waals surface area (Å²) in [6, 6.07) is 12.6. The summed E-state index contributed by atoms with van der Waals surface area (Å²) in [7, 11) is 0. The molecule has 0 radical (unpaired) electrons. The van der Waals surface area contributed by atoms with Gasteiger partial charge in [-0.15, -0.1) is 0 Å². The molecule has 0 spiro atoms. The highest BCUT2D eigenvalue weighted by molar-refractivity contribution is 7.99. The van der Waals surface area contributed by atoms with Gasteiger partial charge in [0, 0.05) is 21.9 Å². The van der Waals surface area contributed by atoms with Gasteiger partial charge in [0.2, 0.25) is 0 Å². The number of nitro benzene ring substituents is 1. The van der Waals surface area contributed by atoms with Gasteiger partial charge in [0.1, 0.15) is 0 Å². The third-order valence-corrected chi connectivity index (χ3v) is 3.55. The van der Waals surface area contributed by atoms with Crippen molar-refractivity contribution >= 4 is 23.1 Å². The first-order chi connectivity index (χ1) is 8.56. The fourth-order valence-corrected chi connectivity index (χ4v) is 2.31. The highest BCUT2D eigenvalue weighted by atomic mass is 32.2. The van der Waals surface area contributed by atoms with Crippen molar-refractivity contribution in [2.24, 2.45) is 0 Å². The number of anilines is 1. The van der Waals surface area contributed by atoms with Crippen LogP contribution in [0.4, 0.5) is 11.4 Å². The van der Waals surface area contributed by atoms with Crippen LogP contribution >= 0.6 is 11.8 Å². The molecule has 0 unspecified atom stereocenters. The summed E-state index contributed by atoms with van der Waals surface area (Å²) in [6.07, 6.45) is 0. The summed E-state index contributed by atoms with van der Waals surface area (Å²) in [4.78, 5) is 12.0. The van der Waals surface area contributed by atoms with E-state index in [1.807, 2.05) is 31.2 Å². The van der Waals surface area contributed by atoms with Gasteiger partial charge in [0.15, 0.2) is 0 Å². The monoisotopic (exact) mass is 260 g/mol. The molecule has 0 aliphatic rings. The first kappa shape index (κ1) is 12.4. The van der Waals surface area contributed by atoms with Crippen molar-refractivity contribution in [2.45, 2.75) is 16.7 Å². The highest BCUT2D eigenvalue weighted by Gasteiger charge is 2.09. The van der Waals surface area contributed by atoms with Crippen molar-refractivity contribution in [1.29, 1.82) is 0 Å². The van der Waals surface area contributed by atoms with E-state index in [4.69, 9.17) is 5.73 Å². The normalized spacial score (nSPS) is 10.3. The molecule has 4 nitrogen and oxygen atoms in total. The quantitative estimate of drug-likeness (QED) is 0.519. The van der Waals surface area contributed by atoms with Crippen molar-refractivity contribution in [3.05, 3.63) is 58.1 Å². The standard InChI is InChI=1S/C13H12N2O2S/c1-9-2-5-11(6-3-9)18-13-7-4-10(15(16)17)8-12(13)14/h2-8H,14H2,1H3. The zero-order valence-electron chi connectivity index (χ0n) is 9.79. The molecular weight excluding hydrogens is 248 g/mol. The number of nitrogens with zero attached hydrogens (tertiary/aromatic N) is 1. The summed E-state index contributed by atoms with van der Waals surface area (Å²) >= 11 is 1.50. The Labute approximate surface area is 109 Å². The Morgan fingerprint density at radius 3 is 2.39 bits per heavy atom. The lowest BCUT2D eigenvalue weighted by Crippen LogP contribution is -1.93. The van der Waals surface area contributed by atoms with E-state index in [1.54, 1.807) is 6.07 Å². The Bertz CT molecular complexity index is 582. The number of rotatable bonds is 3. The van der Waals surface area contributed by atoms with Crippen LogP contribution in [0.3, 0.4) is 0 Å². The molecule has 2 aromatic rings. The van der Waals surface area contributed by atoms with Crippen molar-refractivity contribution in [3.8, 4) is 0 Å². The van der Waals surface area contributed by atoms with Crippen LogP contribution in [-0.4, -0.2) is 4.92 Å². The van der Waals surface area contributed by atoms with Crippen LogP contribution in [0.15, 0.2) is 52.3 Å². The van der Waals surface area contributed by atoms with Gasteiger partial charge in [-0.3, -0.25) is 10.1 Å². The molecule has 2 N–H and O–H groups in total. The van der Waals surface area contributed by atoms with E-state index in [-0.39, 0.29) is 5.69 Å². The smallest absolute Gasteiger partial charge is 0.271 e. The maximum absolute atomic E-state index is 10.6. The molecule has 0 fully saturated rings. The average Bonchev–Trinajstić information content (AvgIpc) is 2.34. The molecular formula is C13H12N2O2S. The molecule has 0 aliphatic heterocycles. The van der Waals surface area contributed by atoms with E-state index in [1.165, 1.54) is 29.5 Å². The summed E-state index contributed by atoms with van der Waals surface area (Å²) in [5.41, 5.74) is 7.44. The molecule has 0 aromatic heterocycles. The minimum absolute atomic E-state index is 0.0146. The molecule has 2 aromatic carbocycles. The first-order valence-electron chi connectivity index (χ1n) is 5.35. The van der Waals surface area contributed by atoms with Crippen molar-refractivity contribution in [2.75, 3.05) is 5.73 Å². The molecule has 0 saturated carbocycles. The average molecular weight is 260 g/mol. The minimum Gasteiger partial charge on any atom is -0.398 e. The SMILES string of the molecule is Cc1ccc(Sc2ccc([N+](=O)[O-])cc2N)cc1. The molecule has 18 heavy (non-hydrogen) atoms. The molecule has 0 saturated heterocycles. The van der Waals surface area contributed by atoms with Gasteiger partial charge >= 0.3 is 0 Å². The zero-order chi connectivity index (χ0) is 13.1. The third-order valence-electron chi connectivity index (χ3n) is 2.45. The first-order valence-corrected chi connectivity index (χ1v) is 6.16. The second-order valence-corrected chi connectivity index (χ2v) is 5.01. The van der Waals surface area contributed by atoms with Gasteiger partial charge in [-0.2, -0.15) is 0 Å². The van der Waals surface area contributed by atoms with E-state index < -0.39 is 4.92 Å². The number of benzene rings is 2. The Morgan fingerprint density at radius 1 is 1.17 bits per heavy atom. The van der Waals surface area contributed by atoms with Gasteiger partial charge in [-0.05, 0) is 25.1 Å². The Balaban J connectivity index is 2.24. The van der Waals surface area contributed by atoms with E-state index in [2.05, 4.69) is 0 Å². The molecule has 0 amide bonds. The van der Waals surface area contributed by atoms with Gasteiger partial charge in [-0.25, -0.2) is 0 Å². The summed E-state index contributed by atoms with van der Waals surface area (Å²) < 4.78 is 0. The van der Waals surface area contributed by atoms with Gasteiger partial charge in [0.25, 0.3) is 5.69 Å². The maximum atomic E-state index is 10.6. The number of nitro groups is 1. The van der Waals surface area contributed by atoms with E-state index in [0.717, 1.165) is 9.79 Å². The highest BCUT2D eigenvalue weighted by Crippen LogP contribution is 2.33.